The number of nitrogens with zero attached hydrogens (tertiary/aromatic N) is 4. The number of fused-ring (bicyclic) bond motifs is 2. The molecule has 5 aromatic rings. The molecule has 0 unspecified atom stereocenters. The van der Waals surface area contributed by atoms with E-state index in [0.717, 1.165) is 34.0 Å². The van der Waals surface area contributed by atoms with Crippen molar-refractivity contribution in [2.24, 2.45) is 0 Å². The van der Waals surface area contributed by atoms with Gasteiger partial charge in [-0.05, 0) is 111 Å². The van der Waals surface area contributed by atoms with Crippen LogP contribution in [0.5, 0.6) is 34.5 Å². The lowest BCUT2D eigenvalue weighted by Crippen LogP contribution is -2.33. The SMILES string of the molecule is CC1=CC(=O)N(c2ccc3c(c2)CN(c2ccc(Oc4cccc(Oc5ccc(N6COc7ccc(N8C(=O)C=C(C)C8=O)cc7C6)cc5)c4)cc2)CO3)C1=O. The van der Waals surface area contributed by atoms with Crippen LogP contribution in [-0.4, -0.2) is 37.1 Å². The first-order chi connectivity index (χ1) is 27.2. The number of rotatable bonds is 8. The first kappa shape index (κ1) is 34.4. The third-order valence-electron chi connectivity index (χ3n) is 9.96. The molecule has 0 N–H and O–H groups in total. The maximum atomic E-state index is 12.5. The number of imide groups is 2. The van der Waals surface area contributed by atoms with Crippen molar-refractivity contribution in [2.75, 3.05) is 33.1 Å². The molecule has 5 aromatic carbocycles. The van der Waals surface area contributed by atoms with Gasteiger partial charge in [-0.2, -0.15) is 0 Å². The Morgan fingerprint density at radius 3 is 1.29 bits per heavy atom. The van der Waals surface area contributed by atoms with Crippen LogP contribution in [0, 0.1) is 0 Å². The van der Waals surface area contributed by atoms with Crippen molar-refractivity contribution in [3.63, 3.8) is 0 Å². The predicted octanol–water partition coefficient (Wildman–Crippen LogP) is 7.62. The summed E-state index contributed by atoms with van der Waals surface area (Å²) in [6.45, 7) is 5.04. The van der Waals surface area contributed by atoms with Crippen molar-refractivity contribution in [1.29, 1.82) is 0 Å². The third-order valence-corrected chi connectivity index (χ3v) is 9.96. The molecular formula is C44H34N4O8. The molecule has 4 amide bonds. The van der Waals surface area contributed by atoms with Gasteiger partial charge in [0.05, 0.1) is 11.4 Å². The Bertz CT molecular complexity index is 2340. The van der Waals surface area contributed by atoms with Crippen LogP contribution in [0.15, 0.2) is 132 Å². The van der Waals surface area contributed by atoms with E-state index in [9.17, 15) is 19.2 Å². The minimum absolute atomic E-state index is 0.314. The highest BCUT2D eigenvalue weighted by molar-refractivity contribution is 6.31. The van der Waals surface area contributed by atoms with E-state index in [0.29, 0.717) is 72.1 Å². The molecule has 0 aliphatic carbocycles. The van der Waals surface area contributed by atoms with Crippen molar-refractivity contribution in [3.8, 4) is 34.5 Å². The lowest BCUT2D eigenvalue weighted by molar-refractivity contribution is -0.121. The average molecular weight is 747 g/mol. The van der Waals surface area contributed by atoms with Crippen LogP contribution < -0.4 is 38.5 Å². The molecule has 0 fully saturated rings. The average Bonchev–Trinajstić information content (AvgIpc) is 3.62. The summed E-state index contributed by atoms with van der Waals surface area (Å²) in [6, 6.07) is 33.5. The van der Waals surface area contributed by atoms with E-state index in [4.69, 9.17) is 18.9 Å². The predicted molar refractivity (Wildman–Crippen MR) is 208 cm³/mol. The summed E-state index contributed by atoms with van der Waals surface area (Å²) in [5, 5.41) is 0. The summed E-state index contributed by atoms with van der Waals surface area (Å²) in [4.78, 5) is 56.4. The topological polar surface area (TPSA) is 118 Å². The molecule has 56 heavy (non-hydrogen) atoms. The lowest BCUT2D eigenvalue weighted by atomic mass is 10.1. The number of amides is 4. The van der Waals surface area contributed by atoms with Gasteiger partial charge in [-0.15, -0.1) is 0 Å². The summed E-state index contributed by atoms with van der Waals surface area (Å²) in [7, 11) is 0. The van der Waals surface area contributed by atoms with E-state index in [1.807, 2.05) is 84.9 Å². The van der Waals surface area contributed by atoms with Gasteiger partial charge in [0, 0.05) is 65.0 Å². The summed E-state index contributed by atoms with van der Waals surface area (Å²) < 4.78 is 24.3. The zero-order chi connectivity index (χ0) is 38.5. The molecule has 4 aliphatic heterocycles. The van der Waals surface area contributed by atoms with Gasteiger partial charge in [0.2, 0.25) is 0 Å². The summed E-state index contributed by atoms with van der Waals surface area (Å²) in [5.41, 5.74) is 5.46. The first-order valence-electron chi connectivity index (χ1n) is 18.0. The molecule has 0 bridgehead atoms. The second-order valence-electron chi connectivity index (χ2n) is 13.8. The molecule has 4 aliphatic rings. The molecule has 0 aromatic heterocycles. The van der Waals surface area contributed by atoms with Crippen LogP contribution in [0.2, 0.25) is 0 Å². The van der Waals surface area contributed by atoms with Crippen molar-refractivity contribution >= 4 is 46.4 Å². The van der Waals surface area contributed by atoms with Gasteiger partial charge in [0.15, 0.2) is 13.5 Å². The van der Waals surface area contributed by atoms with Crippen molar-refractivity contribution in [3.05, 3.63) is 144 Å². The van der Waals surface area contributed by atoms with Crippen LogP contribution in [0.1, 0.15) is 25.0 Å². The zero-order valence-electron chi connectivity index (χ0n) is 30.4. The number of carbonyl (C=O) groups excluding carboxylic acids is 4. The highest BCUT2D eigenvalue weighted by Crippen LogP contribution is 2.37. The molecule has 12 heteroatoms. The Kier molecular flexibility index (Phi) is 8.49. The van der Waals surface area contributed by atoms with Crippen LogP contribution >= 0.6 is 0 Å². The van der Waals surface area contributed by atoms with Gasteiger partial charge in [-0.3, -0.25) is 19.2 Å². The second-order valence-corrected chi connectivity index (χ2v) is 13.8. The Labute approximate surface area is 322 Å². The number of anilines is 4. The van der Waals surface area contributed by atoms with Gasteiger partial charge in [0.1, 0.15) is 34.5 Å². The molecule has 0 saturated carbocycles. The number of carbonyl (C=O) groups is 4. The molecule has 0 spiro atoms. The largest absolute Gasteiger partial charge is 0.473 e. The smallest absolute Gasteiger partial charge is 0.261 e. The number of ether oxygens (including phenoxy) is 4. The van der Waals surface area contributed by atoms with Gasteiger partial charge in [-0.1, -0.05) is 6.07 Å². The highest BCUT2D eigenvalue weighted by Gasteiger charge is 2.32. The third kappa shape index (κ3) is 6.47. The monoisotopic (exact) mass is 746 g/mol. The van der Waals surface area contributed by atoms with Crippen LogP contribution in [-0.2, 0) is 32.3 Å². The Hall–Kier alpha value is -7.34. The zero-order valence-corrected chi connectivity index (χ0v) is 30.4. The van der Waals surface area contributed by atoms with Crippen molar-refractivity contribution < 1.29 is 38.1 Å². The number of benzene rings is 5. The van der Waals surface area contributed by atoms with E-state index in [1.165, 1.54) is 22.0 Å². The first-order valence-corrected chi connectivity index (χ1v) is 18.0. The number of hydrogen-bond donors (Lipinski definition) is 0. The molecule has 4 heterocycles. The van der Waals surface area contributed by atoms with Crippen molar-refractivity contribution in [2.45, 2.75) is 26.9 Å². The molecule has 9 rings (SSSR count). The van der Waals surface area contributed by atoms with E-state index in [-0.39, 0.29) is 23.6 Å². The van der Waals surface area contributed by atoms with E-state index < -0.39 is 0 Å². The maximum absolute atomic E-state index is 12.5. The molecule has 0 atom stereocenters. The van der Waals surface area contributed by atoms with E-state index >= 15 is 0 Å². The fourth-order valence-electron chi connectivity index (χ4n) is 7.06. The molecule has 278 valence electrons. The number of hydrogen-bond acceptors (Lipinski definition) is 10. The maximum Gasteiger partial charge on any atom is 0.261 e. The molecule has 12 nitrogen and oxygen atoms in total. The summed E-state index contributed by atoms with van der Waals surface area (Å²) in [6.07, 6.45) is 2.71. The summed E-state index contributed by atoms with van der Waals surface area (Å²) >= 11 is 0. The Morgan fingerprint density at radius 1 is 0.482 bits per heavy atom. The van der Waals surface area contributed by atoms with Gasteiger partial charge in [-0.25, -0.2) is 9.80 Å². The normalized spacial score (nSPS) is 16.2. The quantitative estimate of drug-likeness (QED) is 0.147. The molecular weight excluding hydrogens is 713 g/mol. The minimum Gasteiger partial charge on any atom is -0.473 e. The standard InChI is InChI=1S/C44H34N4O8/c1-27-18-41(49)47(43(27)51)33-10-16-39-29(20-33)23-45(25-53-39)31-6-12-35(13-7-31)55-37-4-3-5-38(22-37)56-36-14-8-32(9-15-36)46-24-30-21-34(11-17-40(30)54-26-46)48-42(50)19-28(2)44(48)52/h3-22H,23-26H2,1-2H3. The van der Waals surface area contributed by atoms with Crippen LogP contribution in [0.3, 0.4) is 0 Å². The lowest BCUT2D eigenvalue weighted by Gasteiger charge is -2.31. The van der Waals surface area contributed by atoms with Gasteiger partial charge in [0.25, 0.3) is 23.6 Å². The van der Waals surface area contributed by atoms with E-state index in [1.54, 1.807) is 38.1 Å². The van der Waals surface area contributed by atoms with E-state index in [2.05, 4.69) is 9.80 Å². The molecule has 0 saturated heterocycles. The minimum atomic E-state index is -0.344. The van der Waals surface area contributed by atoms with Gasteiger partial charge < -0.3 is 28.7 Å². The van der Waals surface area contributed by atoms with Gasteiger partial charge >= 0.3 is 0 Å². The van der Waals surface area contributed by atoms with Crippen LogP contribution in [0.4, 0.5) is 22.7 Å². The Morgan fingerprint density at radius 2 is 0.893 bits per heavy atom. The highest BCUT2D eigenvalue weighted by atomic mass is 16.5. The fourth-order valence-corrected chi connectivity index (χ4v) is 7.06. The van der Waals surface area contributed by atoms with Crippen LogP contribution in [0.25, 0.3) is 0 Å². The fraction of sp³-hybridized carbons (Fsp3) is 0.136. The second kappa shape index (κ2) is 13.8. The Balaban J connectivity index is 0.816. The summed E-state index contributed by atoms with van der Waals surface area (Å²) in [5.74, 6) is 2.63. The molecule has 0 radical (unpaired) electrons. The van der Waals surface area contributed by atoms with Crippen molar-refractivity contribution in [1.82, 2.24) is 0 Å².